The van der Waals surface area contributed by atoms with Crippen LogP contribution in [0.2, 0.25) is 0 Å². The van der Waals surface area contributed by atoms with Crippen LogP contribution in [0.15, 0.2) is 22.7 Å². The molecule has 2 rings (SSSR count). The van der Waals surface area contributed by atoms with Crippen molar-refractivity contribution in [1.29, 1.82) is 0 Å². The van der Waals surface area contributed by atoms with E-state index in [9.17, 15) is 0 Å². The zero-order chi connectivity index (χ0) is 20.0. The third-order valence-electron chi connectivity index (χ3n) is 4.46. The summed E-state index contributed by atoms with van der Waals surface area (Å²) < 4.78 is 16.6. The molecule has 150 valence electrons. The van der Waals surface area contributed by atoms with Gasteiger partial charge >= 0.3 is 0 Å². The van der Waals surface area contributed by atoms with Gasteiger partial charge in [-0.2, -0.15) is 0 Å². The molecule has 0 atom stereocenters. The van der Waals surface area contributed by atoms with Crippen molar-refractivity contribution in [2.45, 2.75) is 40.8 Å². The molecule has 0 spiro atoms. The molecule has 0 saturated heterocycles. The molecule has 1 heterocycles. The van der Waals surface area contributed by atoms with Crippen LogP contribution in [0.4, 0.5) is 0 Å². The van der Waals surface area contributed by atoms with E-state index in [2.05, 4.69) is 49.4 Å². The largest absolute Gasteiger partial charge is 0.493 e. The normalized spacial score (nSPS) is 11.9. The van der Waals surface area contributed by atoms with Crippen LogP contribution in [0.1, 0.15) is 36.4 Å². The van der Waals surface area contributed by atoms with E-state index in [1.165, 1.54) is 0 Å². The first-order valence-corrected chi connectivity index (χ1v) is 9.29. The SMILES string of the molecule is COc1cc(CNCC(C)(C)CN(C)C)ccc1OCc1c(C)noc1C. The molecule has 1 aromatic heterocycles. The molecule has 27 heavy (non-hydrogen) atoms. The topological polar surface area (TPSA) is 59.8 Å². The van der Waals surface area contributed by atoms with Gasteiger partial charge < -0.3 is 24.2 Å². The van der Waals surface area contributed by atoms with Gasteiger partial charge in [0, 0.05) is 19.6 Å². The summed E-state index contributed by atoms with van der Waals surface area (Å²) in [6.45, 7) is 11.5. The van der Waals surface area contributed by atoms with Crippen LogP contribution in [0.25, 0.3) is 0 Å². The fourth-order valence-electron chi connectivity index (χ4n) is 3.26. The zero-order valence-electron chi connectivity index (χ0n) is 17.7. The number of methoxy groups -OCH3 is 1. The van der Waals surface area contributed by atoms with Gasteiger partial charge in [-0.3, -0.25) is 0 Å². The molecule has 0 unspecified atom stereocenters. The Bertz CT molecular complexity index is 719. The Labute approximate surface area is 162 Å². The summed E-state index contributed by atoms with van der Waals surface area (Å²) in [5.41, 5.74) is 3.21. The second-order valence-electron chi connectivity index (χ2n) is 8.08. The molecule has 0 radical (unpaired) electrons. The predicted octanol–water partition coefficient (Wildman–Crippen LogP) is 3.56. The number of ether oxygens (including phenoxy) is 2. The van der Waals surface area contributed by atoms with E-state index in [4.69, 9.17) is 14.0 Å². The molecule has 0 aliphatic heterocycles. The quantitative estimate of drug-likeness (QED) is 0.685. The fraction of sp³-hybridized carbons (Fsp3) is 0.571. The van der Waals surface area contributed by atoms with E-state index < -0.39 is 0 Å². The summed E-state index contributed by atoms with van der Waals surface area (Å²) in [7, 11) is 5.87. The minimum atomic E-state index is 0.213. The third kappa shape index (κ3) is 6.26. The molecule has 0 amide bonds. The van der Waals surface area contributed by atoms with E-state index in [-0.39, 0.29) is 5.41 Å². The van der Waals surface area contributed by atoms with E-state index in [0.717, 1.165) is 48.0 Å². The van der Waals surface area contributed by atoms with Crippen molar-refractivity contribution >= 4 is 0 Å². The average molecular weight is 376 g/mol. The summed E-state index contributed by atoms with van der Waals surface area (Å²) in [6.07, 6.45) is 0. The van der Waals surface area contributed by atoms with Crippen molar-refractivity contribution in [1.82, 2.24) is 15.4 Å². The highest BCUT2D eigenvalue weighted by atomic mass is 16.5. The standard InChI is InChI=1S/C21H33N3O3/c1-15-18(16(2)27-23-15)12-26-19-9-8-17(10-20(19)25-7)11-22-13-21(3,4)14-24(5)6/h8-10,22H,11-14H2,1-7H3. The van der Waals surface area contributed by atoms with Gasteiger partial charge in [0.1, 0.15) is 12.4 Å². The number of hydrogen-bond donors (Lipinski definition) is 1. The number of nitrogens with zero attached hydrogens (tertiary/aromatic N) is 2. The molecule has 1 N–H and O–H groups in total. The summed E-state index contributed by atoms with van der Waals surface area (Å²) >= 11 is 0. The minimum absolute atomic E-state index is 0.213. The number of benzene rings is 1. The summed E-state index contributed by atoms with van der Waals surface area (Å²) in [5, 5.41) is 7.50. The van der Waals surface area contributed by atoms with E-state index >= 15 is 0 Å². The Hall–Kier alpha value is -2.05. The molecule has 6 heteroatoms. The van der Waals surface area contributed by atoms with Crippen LogP contribution in [0.3, 0.4) is 0 Å². The summed E-state index contributed by atoms with van der Waals surface area (Å²) in [5.74, 6) is 2.23. The molecule has 6 nitrogen and oxygen atoms in total. The highest BCUT2D eigenvalue weighted by Crippen LogP contribution is 2.29. The first kappa shape index (κ1) is 21.3. The maximum atomic E-state index is 5.94. The van der Waals surface area contributed by atoms with Gasteiger partial charge in [0.2, 0.25) is 0 Å². The molecule has 0 aliphatic carbocycles. The number of rotatable bonds is 10. The van der Waals surface area contributed by atoms with Gasteiger partial charge in [0.05, 0.1) is 18.4 Å². The van der Waals surface area contributed by atoms with E-state index in [1.54, 1.807) is 7.11 Å². The Morgan fingerprint density at radius 3 is 2.52 bits per heavy atom. The Kier molecular flexibility index (Phi) is 7.27. The number of aryl methyl sites for hydroxylation is 2. The lowest BCUT2D eigenvalue weighted by Crippen LogP contribution is -2.37. The van der Waals surface area contributed by atoms with E-state index in [1.807, 2.05) is 26.0 Å². The first-order chi connectivity index (χ1) is 12.7. The van der Waals surface area contributed by atoms with Crippen LogP contribution in [-0.2, 0) is 13.2 Å². The Balaban J connectivity index is 1.95. The van der Waals surface area contributed by atoms with Crippen LogP contribution < -0.4 is 14.8 Å². The van der Waals surface area contributed by atoms with Crippen molar-refractivity contribution in [2.24, 2.45) is 5.41 Å². The molecule has 0 saturated carbocycles. The van der Waals surface area contributed by atoms with Crippen LogP contribution >= 0.6 is 0 Å². The molecular formula is C21H33N3O3. The first-order valence-electron chi connectivity index (χ1n) is 9.29. The second kappa shape index (κ2) is 9.24. The van der Waals surface area contributed by atoms with Gasteiger partial charge in [0.25, 0.3) is 0 Å². The minimum Gasteiger partial charge on any atom is -0.493 e. The summed E-state index contributed by atoms with van der Waals surface area (Å²) in [4.78, 5) is 2.22. The van der Waals surface area contributed by atoms with Crippen molar-refractivity contribution in [3.05, 3.63) is 40.8 Å². The molecular weight excluding hydrogens is 342 g/mol. The predicted molar refractivity (Wildman–Crippen MR) is 107 cm³/mol. The lowest BCUT2D eigenvalue weighted by molar-refractivity contribution is 0.232. The van der Waals surface area contributed by atoms with E-state index in [0.29, 0.717) is 12.4 Å². The number of aromatic nitrogens is 1. The van der Waals surface area contributed by atoms with Crippen LogP contribution in [-0.4, -0.2) is 44.4 Å². The monoisotopic (exact) mass is 375 g/mol. The molecule has 0 fully saturated rings. The van der Waals surface area contributed by atoms with Gasteiger partial charge in [-0.15, -0.1) is 0 Å². The highest BCUT2D eigenvalue weighted by molar-refractivity contribution is 5.43. The van der Waals surface area contributed by atoms with Gasteiger partial charge in [-0.1, -0.05) is 25.1 Å². The van der Waals surface area contributed by atoms with Gasteiger partial charge in [-0.25, -0.2) is 0 Å². The van der Waals surface area contributed by atoms with Gasteiger partial charge in [0.15, 0.2) is 11.5 Å². The zero-order valence-corrected chi connectivity index (χ0v) is 17.7. The fourth-order valence-corrected chi connectivity index (χ4v) is 3.26. The van der Waals surface area contributed by atoms with Gasteiger partial charge in [-0.05, 0) is 51.1 Å². The van der Waals surface area contributed by atoms with Crippen LogP contribution in [0, 0.1) is 19.3 Å². The maximum Gasteiger partial charge on any atom is 0.161 e. The van der Waals surface area contributed by atoms with Crippen molar-refractivity contribution in [2.75, 3.05) is 34.3 Å². The lowest BCUT2D eigenvalue weighted by atomic mass is 9.93. The number of nitrogens with one attached hydrogen (secondary N) is 1. The van der Waals surface area contributed by atoms with Crippen molar-refractivity contribution in [3.63, 3.8) is 0 Å². The molecule has 0 bridgehead atoms. The van der Waals surface area contributed by atoms with Crippen molar-refractivity contribution < 1.29 is 14.0 Å². The summed E-state index contributed by atoms with van der Waals surface area (Å²) in [6, 6.07) is 6.05. The highest BCUT2D eigenvalue weighted by Gasteiger charge is 2.18. The smallest absolute Gasteiger partial charge is 0.161 e. The number of hydrogen-bond acceptors (Lipinski definition) is 6. The Morgan fingerprint density at radius 1 is 1.19 bits per heavy atom. The average Bonchev–Trinajstić information content (AvgIpc) is 2.90. The third-order valence-corrected chi connectivity index (χ3v) is 4.46. The Morgan fingerprint density at radius 2 is 1.93 bits per heavy atom. The van der Waals surface area contributed by atoms with Crippen molar-refractivity contribution in [3.8, 4) is 11.5 Å². The lowest BCUT2D eigenvalue weighted by Gasteiger charge is -2.28. The second-order valence-corrected chi connectivity index (χ2v) is 8.08. The molecule has 0 aliphatic rings. The maximum absolute atomic E-state index is 5.94. The molecule has 1 aromatic carbocycles. The van der Waals surface area contributed by atoms with Crippen LogP contribution in [0.5, 0.6) is 11.5 Å². The molecule has 2 aromatic rings.